The van der Waals surface area contributed by atoms with Crippen molar-refractivity contribution in [2.45, 2.75) is 25.8 Å². The maximum absolute atomic E-state index is 12.3. The zero-order chi connectivity index (χ0) is 17.6. The predicted octanol–water partition coefficient (Wildman–Crippen LogP) is 3.01. The van der Waals surface area contributed by atoms with Crippen LogP contribution in [0.15, 0.2) is 48.5 Å². The molecule has 0 aliphatic carbocycles. The minimum atomic E-state index is -0.182. The van der Waals surface area contributed by atoms with Gasteiger partial charge in [-0.1, -0.05) is 12.1 Å². The number of hydrogen-bond donors (Lipinski definition) is 1. The van der Waals surface area contributed by atoms with Crippen LogP contribution in [0, 0.1) is 11.3 Å². The Balaban J connectivity index is 1.62. The summed E-state index contributed by atoms with van der Waals surface area (Å²) in [5, 5.41) is 11.7. The predicted molar refractivity (Wildman–Crippen MR) is 95.0 cm³/mol. The van der Waals surface area contributed by atoms with Crippen LogP contribution in [0.25, 0.3) is 0 Å². The molecule has 0 bridgehead atoms. The molecule has 0 radical (unpaired) electrons. The van der Waals surface area contributed by atoms with Gasteiger partial charge in [-0.15, -0.1) is 0 Å². The second-order valence-corrected chi connectivity index (χ2v) is 6.04. The lowest BCUT2D eigenvalue weighted by molar-refractivity contribution is -0.119. The van der Waals surface area contributed by atoms with Crippen molar-refractivity contribution in [1.82, 2.24) is 5.32 Å². The van der Waals surface area contributed by atoms with Crippen LogP contribution >= 0.6 is 0 Å². The molecule has 1 heterocycles. The lowest BCUT2D eigenvalue weighted by Gasteiger charge is -2.26. The Morgan fingerprint density at radius 1 is 1.16 bits per heavy atom. The van der Waals surface area contributed by atoms with E-state index in [4.69, 9.17) is 5.26 Å². The first-order valence-electron chi connectivity index (χ1n) is 8.35. The van der Waals surface area contributed by atoms with E-state index in [0.29, 0.717) is 24.1 Å². The van der Waals surface area contributed by atoms with Crippen LogP contribution in [0.3, 0.4) is 0 Å². The second-order valence-electron chi connectivity index (χ2n) is 6.04. The fourth-order valence-corrected chi connectivity index (χ4v) is 2.91. The summed E-state index contributed by atoms with van der Waals surface area (Å²) in [4.78, 5) is 26.0. The lowest BCUT2D eigenvalue weighted by atomic mass is 10.1. The number of amides is 2. The van der Waals surface area contributed by atoms with Crippen molar-refractivity contribution in [1.29, 1.82) is 5.26 Å². The van der Waals surface area contributed by atoms with Crippen molar-refractivity contribution in [2.24, 2.45) is 0 Å². The van der Waals surface area contributed by atoms with E-state index in [0.717, 1.165) is 30.6 Å². The van der Waals surface area contributed by atoms with Crippen molar-refractivity contribution in [2.75, 3.05) is 11.4 Å². The molecule has 5 nitrogen and oxygen atoms in total. The summed E-state index contributed by atoms with van der Waals surface area (Å²) in [6, 6.07) is 16.3. The first kappa shape index (κ1) is 16.7. The number of rotatable bonds is 4. The first-order valence-corrected chi connectivity index (χ1v) is 8.35. The van der Waals surface area contributed by atoms with Gasteiger partial charge >= 0.3 is 0 Å². The minimum absolute atomic E-state index is 0.140. The highest BCUT2D eigenvalue weighted by atomic mass is 16.2. The molecule has 0 atom stereocenters. The van der Waals surface area contributed by atoms with Gasteiger partial charge < -0.3 is 10.2 Å². The van der Waals surface area contributed by atoms with Crippen LogP contribution in [0.5, 0.6) is 0 Å². The van der Waals surface area contributed by atoms with Crippen LogP contribution in [0.2, 0.25) is 0 Å². The summed E-state index contributed by atoms with van der Waals surface area (Å²) in [6.07, 6.45) is 2.54. The summed E-state index contributed by atoms with van der Waals surface area (Å²) in [5.74, 6) is -0.0419. The number of nitrogens with one attached hydrogen (secondary N) is 1. The average Bonchev–Trinajstić information content (AvgIpc) is 2.67. The van der Waals surface area contributed by atoms with E-state index in [9.17, 15) is 9.59 Å². The largest absolute Gasteiger partial charge is 0.348 e. The van der Waals surface area contributed by atoms with Crippen LogP contribution in [-0.4, -0.2) is 18.4 Å². The van der Waals surface area contributed by atoms with Gasteiger partial charge in [0.15, 0.2) is 0 Å². The smallest absolute Gasteiger partial charge is 0.251 e. The van der Waals surface area contributed by atoms with Crippen molar-refractivity contribution < 1.29 is 9.59 Å². The summed E-state index contributed by atoms with van der Waals surface area (Å²) < 4.78 is 0. The van der Waals surface area contributed by atoms with Crippen molar-refractivity contribution in [3.05, 3.63) is 65.2 Å². The monoisotopic (exact) mass is 333 g/mol. The Bertz CT molecular complexity index is 822. The first-order chi connectivity index (χ1) is 12.2. The van der Waals surface area contributed by atoms with Gasteiger partial charge in [0.2, 0.25) is 5.91 Å². The number of piperidine rings is 1. The van der Waals surface area contributed by atoms with Gasteiger partial charge in [0.05, 0.1) is 11.6 Å². The molecule has 1 aliphatic heterocycles. The Kier molecular flexibility index (Phi) is 5.10. The van der Waals surface area contributed by atoms with Gasteiger partial charge in [0, 0.05) is 30.8 Å². The van der Waals surface area contributed by atoms with E-state index in [1.807, 2.05) is 18.2 Å². The Morgan fingerprint density at radius 2 is 1.96 bits per heavy atom. The molecule has 3 rings (SSSR count). The number of carbonyl (C=O) groups is 2. The highest BCUT2D eigenvalue weighted by Gasteiger charge is 2.19. The Hall–Kier alpha value is -3.13. The second kappa shape index (κ2) is 7.63. The number of nitriles is 1. The van der Waals surface area contributed by atoms with Crippen LogP contribution in [-0.2, 0) is 11.3 Å². The number of nitrogens with zero attached hydrogens (tertiary/aromatic N) is 2. The molecule has 1 fully saturated rings. The SMILES string of the molecule is N#Cc1cccc(CNC(=O)c2ccc(N3CCCCC3=O)cc2)c1. The van der Waals surface area contributed by atoms with Crippen molar-refractivity contribution in [3.8, 4) is 6.07 Å². The molecular weight excluding hydrogens is 314 g/mol. The molecule has 1 aliphatic rings. The van der Waals surface area contributed by atoms with E-state index in [1.165, 1.54) is 0 Å². The van der Waals surface area contributed by atoms with E-state index >= 15 is 0 Å². The van der Waals surface area contributed by atoms with Gasteiger partial charge in [0.25, 0.3) is 5.91 Å². The van der Waals surface area contributed by atoms with E-state index in [1.54, 1.807) is 35.2 Å². The number of anilines is 1. The van der Waals surface area contributed by atoms with Crippen molar-refractivity contribution >= 4 is 17.5 Å². The molecule has 1 N–H and O–H groups in total. The molecule has 2 aromatic rings. The fourth-order valence-electron chi connectivity index (χ4n) is 2.91. The molecule has 25 heavy (non-hydrogen) atoms. The number of benzene rings is 2. The molecule has 5 heteroatoms. The maximum Gasteiger partial charge on any atom is 0.251 e. The zero-order valence-electron chi connectivity index (χ0n) is 13.9. The number of hydrogen-bond acceptors (Lipinski definition) is 3. The molecule has 1 saturated heterocycles. The summed E-state index contributed by atoms with van der Waals surface area (Å²) in [7, 11) is 0. The standard InChI is InChI=1S/C20H19N3O2/c21-13-15-4-3-5-16(12-15)14-22-20(25)17-7-9-18(10-8-17)23-11-2-1-6-19(23)24/h3-5,7-10,12H,1-2,6,11,14H2,(H,22,25). The highest BCUT2D eigenvalue weighted by Crippen LogP contribution is 2.21. The van der Waals surface area contributed by atoms with Gasteiger partial charge in [-0.3, -0.25) is 9.59 Å². The maximum atomic E-state index is 12.3. The van der Waals surface area contributed by atoms with Crippen LogP contribution in [0.1, 0.15) is 40.7 Å². The average molecular weight is 333 g/mol. The van der Waals surface area contributed by atoms with Gasteiger partial charge in [-0.25, -0.2) is 0 Å². The van der Waals surface area contributed by atoms with E-state index < -0.39 is 0 Å². The van der Waals surface area contributed by atoms with Gasteiger partial charge in [-0.2, -0.15) is 5.26 Å². The van der Waals surface area contributed by atoms with E-state index in [2.05, 4.69) is 11.4 Å². The lowest BCUT2D eigenvalue weighted by Crippen LogP contribution is -2.35. The van der Waals surface area contributed by atoms with Crippen LogP contribution in [0.4, 0.5) is 5.69 Å². The van der Waals surface area contributed by atoms with Crippen molar-refractivity contribution in [3.63, 3.8) is 0 Å². The Labute approximate surface area is 146 Å². The van der Waals surface area contributed by atoms with E-state index in [-0.39, 0.29) is 11.8 Å². The molecular formula is C20H19N3O2. The Morgan fingerprint density at radius 3 is 2.68 bits per heavy atom. The fraction of sp³-hybridized carbons (Fsp3) is 0.250. The third-order valence-corrected chi connectivity index (χ3v) is 4.27. The normalized spacial score (nSPS) is 14.0. The van der Waals surface area contributed by atoms with Gasteiger partial charge in [0.1, 0.15) is 0 Å². The quantitative estimate of drug-likeness (QED) is 0.935. The van der Waals surface area contributed by atoms with Gasteiger partial charge in [-0.05, 0) is 54.8 Å². The molecule has 126 valence electrons. The highest BCUT2D eigenvalue weighted by molar-refractivity contribution is 5.96. The third-order valence-electron chi connectivity index (χ3n) is 4.27. The zero-order valence-corrected chi connectivity index (χ0v) is 13.9. The molecule has 0 aromatic heterocycles. The third kappa shape index (κ3) is 4.04. The molecule has 0 saturated carbocycles. The summed E-state index contributed by atoms with van der Waals surface area (Å²) in [5.41, 5.74) is 2.83. The van der Waals surface area contributed by atoms with Crippen LogP contribution < -0.4 is 10.2 Å². The minimum Gasteiger partial charge on any atom is -0.348 e. The summed E-state index contributed by atoms with van der Waals surface area (Å²) in [6.45, 7) is 1.10. The molecule has 0 unspecified atom stereocenters. The topological polar surface area (TPSA) is 73.2 Å². The molecule has 2 amide bonds. The molecule has 0 spiro atoms. The summed E-state index contributed by atoms with van der Waals surface area (Å²) >= 11 is 0. The number of carbonyl (C=O) groups excluding carboxylic acids is 2. The molecule has 2 aromatic carbocycles.